The summed E-state index contributed by atoms with van der Waals surface area (Å²) in [7, 11) is 0. The maximum Gasteiger partial charge on any atom is 0.573 e. The molecule has 0 aliphatic carbocycles. The third kappa shape index (κ3) is 8.63. The van der Waals surface area contributed by atoms with Crippen molar-refractivity contribution in [3.63, 3.8) is 0 Å². The van der Waals surface area contributed by atoms with E-state index in [4.69, 9.17) is 0 Å². The molecule has 0 saturated heterocycles. The Morgan fingerprint density at radius 3 is 1.55 bits per heavy atom. The van der Waals surface area contributed by atoms with Crippen LogP contribution in [0.5, 0.6) is 11.5 Å². The molecule has 3 aromatic rings. The van der Waals surface area contributed by atoms with Crippen LogP contribution in [0.4, 0.5) is 53.1 Å². The van der Waals surface area contributed by atoms with E-state index < -0.39 is 60.9 Å². The summed E-state index contributed by atoms with van der Waals surface area (Å²) in [6.45, 7) is -2.22. The van der Waals surface area contributed by atoms with Gasteiger partial charge < -0.3 is 20.1 Å². The first-order chi connectivity index (χ1) is 19.3. The lowest BCUT2D eigenvalue weighted by atomic mass is 9.77. The Morgan fingerprint density at radius 2 is 1.12 bits per heavy atom. The molecule has 5 nitrogen and oxygen atoms in total. The molecule has 0 aromatic heterocycles. The van der Waals surface area contributed by atoms with Gasteiger partial charge in [-0.3, -0.25) is 0 Å². The van der Waals surface area contributed by atoms with Gasteiger partial charge in [-0.25, -0.2) is 4.79 Å². The molecule has 3 aromatic carbocycles. The molecule has 0 atom stereocenters. The van der Waals surface area contributed by atoms with Gasteiger partial charge >= 0.3 is 30.9 Å². The van der Waals surface area contributed by atoms with E-state index in [1.165, 1.54) is 29.6 Å². The van der Waals surface area contributed by atoms with Crippen LogP contribution in [0.1, 0.15) is 16.7 Å². The van der Waals surface area contributed by atoms with Crippen molar-refractivity contribution >= 4 is 6.03 Å². The number of amides is 2. The fourth-order valence-electron chi connectivity index (χ4n) is 3.91. The second-order valence-electron chi connectivity index (χ2n) is 8.73. The van der Waals surface area contributed by atoms with Gasteiger partial charge in [0.25, 0.3) is 0 Å². The average Bonchev–Trinajstić information content (AvgIpc) is 2.85. The number of urea groups is 1. The van der Waals surface area contributed by atoms with E-state index in [0.717, 1.165) is 48.5 Å². The van der Waals surface area contributed by atoms with Crippen LogP contribution in [0.2, 0.25) is 0 Å². The number of hydrogen-bond donors (Lipinski definition) is 2. The lowest BCUT2D eigenvalue weighted by Gasteiger charge is -2.37. The van der Waals surface area contributed by atoms with Crippen LogP contribution in [0, 0.1) is 0 Å². The highest BCUT2D eigenvalue weighted by Gasteiger charge is 2.57. The van der Waals surface area contributed by atoms with Crippen molar-refractivity contribution in [3.8, 4) is 11.5 Å². The van der Waals surface area contributed by atoms with Crippen molar-refractivity contribution in [3.05, 3.63) is 95.6 Å². The molecular weight excluding hydrogens is 597 g/mol. The number of hydrogen-bond acceptors (Lipinski definition) is 3. The highest BCUT2D eigenvalue weighted by Crippen LogP contribution is 2.39. The van der Waals surface area contributed by atoms with Gasteiger partial charge in [0.15, 0.2) is 0 Å². The summed E-state index contributed by atoms with van der Waals surface area (Å²) in [5.74, 6) is -7.02. The number of carbonyl (C=O) groups excluding carboxylic acids is 1. The normalized spacial score (nSPS) is 12.9. The van der Waals surface area contributed by atoms with Gasteiger partial charge in [-0.05, 0) is 41.0 Å². The van der Waals surface area contributed by atoms with E-state index >= 15 is 0 Å². The van der Waals surface area contributed by atoms with E-state index in [0.29, 0.717) is 5.56 Å². The van der Waals surface area contributed by atoms with E-state index in [2.05, 4.69) is 14.8 Å². The highest BCUT2D eigenvalue weighted by atomic mass is 19.4. The minimum absolute atomic E-state index is 0.269. The summed E-state index contributed by atoms with van der Waals surface area (Å²) in [6.07, 6.45) is -16.8. The fourth-order valence-corrected chi connectivity index (χ4v) is 3.91. The summed E-state index contributed by atoms with van der Waals surface area (Å²) in [6, 6.07) is 13.6. The predicted octanol–water partition coefficient (Wildman–Crippen LogP) is 7.47. The molecule has 0 radical (unpaired) electrons. The van der Waals surface area contributed by atoms with Gasteiger partial charge in [-0.15, -0.1) is 26.3 Å². The molecule has 0 aliphatic rings. The van der Waals surface area contributed by atoms with Crippen molar-refractivity contribution in [1.82, 2.24) is 10.6 Å². The zero-order chi connectivity index (χ0) is 31.4. The number of benzene rings is 3. The molecule has 16 heteroatoms. The van der Waals surface area contributed by atoms with E-state index in [1.54, 1.807) is 6.07 Å². The number of nitrogens with one attached hydrogen (secondary N) is 2. The maximum absolute atomic E-state index is 13.5. The molecule has 2 amide bonds. The van der Waals surface area contributed by atoms with Gasteiger partial charge in [0.2, 0.25) is 0 Å². The Kier molecular flexibility index (Phi) is 9.17. The van der Waals surface area contributed by atoms with Crippen LogP contribution < -0.4 is 20.1 Å². The van der Waals surface area contributed by atoms with Crippen LogP contribution in [-0.2, 0) is 12.0 Å². The predicted molar refractivity (Wildman–Crippen MR) is 125 cm³/mol. The van der Waals surface area contributed by atoms with E-state index in [9.17, 15) is 53.1 Å². The standard InChI is InChI=1S/C26H19F11N2O3/c27-23(28,24(29,30)31)15-38-21(40)39-22(14-16-6-2-1-3-7-16,17-8-4-10-19(12-17)41-25(32,33)34)18-9-5-11-20(13-18)42-26(35,36)37/h1-13H,14-15H2,(H2,38,39,40). The minimum atomic E-state index is -6.03. The lowest BCUT2D eigenvalue weighted by molar-refractivity contribution is -0.278. The van der Waals surface area contributed by atoms with Crippen LogP contribution in [0.25, 0.3) is 0 Å². The highest BCUT2D eigenvalue weighted by molar-refractivity contribution is 5.76. The molecule has 0 aliphatic heterocycles. The minimum Gasteiger partial charge on any atom is -0.406 e. The molecule has 42 heavy (non-hydrogen) atoms. The summed E-state index contributed by atoms with van der Waals surface area (Å²) >= 11 is 0. The third-order valence-corrected chi connectivity index (χ3v) is 5.65. The van der Waals surface area contributed by atoms with E-state index in [-0.39, 0.29) is 11.1 Å². The molecule has 2 N–H and O–H groups in total. The van der Waals surface area contributed by atoms with Gasteiger partial charge in [0.05, 0.1) is 12.1 Å². The third-order valence-electron chi connectivity index (χ3n) is 5.65. The van der Waals surface area contributed by atoms with E-state index in [1.807, 2.05) is 0 Å². The lowest BCUT2D eigenvalue weighted by Crippen LogP contribution is -2.55. The van der Waals surface area contributed by atoms with Crippen LogP contribution >= 0.6 is 0 Å². The summed E-state index contributed by atoms with van der Waals surface area (Å²) in [4.78, 5) is 12.9. The molecular formula is C26H19F11N2O3. The number of rotatable bonds is 9. The number of carbonyl (C=O) groups is 1. The van der Waals surface area contributed by atoms with Crippen LogP contribution in [-0.4, -0.2) is 37.4 Å². The number of alkyl halides is 11. The maximum atomic E-state index is 13.5. The van der Waals surface area contributed by atoms with Crippen molar-refractivity contribution in [1.29, 1.82) is 0 Å². The smallest absolute Gasteiger partial charge is 0.406 e. The molecule has 0 bridgehead atoms. The first-order valence-electron chi connectivity index (χ1n) is 11.6. The topological polar surface area (TPSA) is 59.6 Å². The molecule has 0 spiro atoms. The Labute approximate surface area is 230 Å². The molecule has 0 heterocycles. The van der Waals surface area contributed by atoms with Crippen molar-refractivity contribution in [2.24, 2.45) is 0 Å². The van der Waals surface area contributed by atoms with Crippen LogP contribution in [0.3, 0.4) is 0 Å². The zero-order valence-corrected chi connectivity index (χ0v) is 20.8. The summed E-state index contributed by atoms with van der Waals surface area (Å²) in [5, 5.41) is 3.56. The molecule has 228 valence electrons. The second kappa shape index (κ2) is 11.9. The average molecular weight is 616 g/mol. The number of ether oxygens (including phenoxy) is 2. The number of halogens is 11. The largest absolute Gasteiger partial charge is 0.573 e. The Hall–Kier alpha value is -4.24. The van der Waals surface area contributed by atoms with Gasteiger partial charge in [-0.1, -0.05) is 54.6 Å². The van der Waals surface area contributed by atoms with Gasteiger partial charge in [0, 0.05) is 6.42 Å². The monoisotopic (exact) mass is 616 g/mol. The molecule has 0 saturated carbocycles. The van der Waals surface area contributed by atoms with Crippen molar-refractivity contribution in [2.75, 3.05) is 6.54 Å². The first kappa shape index (κ1) is 32.3. The Bertz CT molecular complexity index is 1300. The van der Waals surface area contributed by atoms with Crippen molar-refractivity contribution in [2.45, 2.75) is 36.8 Å². The first-order valence-corrected chi connectivity index (χ1v) is 11.6. The molecule has 3 rings (SSSR count). The fraction of sp³-hybridized carbons (Fsp3) is 0.269. The summed E-state index contributed by atoms with van der Waals surface area (Å²) in [5.41, 5.74) is -2.40. The Morgan fingerprint density at radius 1 is 0.643 bits per heavy atom. The Balaban J connectivity index is 2.20. The van der Waals surface area contributed by atoms with Crippen LogP contribution in [0.15, 0.2) is 78.9 Å². The van der Waals surface area contributed by atoms with Gasteiger partial charge in [-0.2, -0.15) is 22.0 Å². The quantitative estimate of drug-likeness (QED) is 0.246. The second-order valence-corrected chi connectivity index (χ2v) is 8.73. The summed E-state index contributed by atoms with van der Waals surface area (Å²) < 4.78 is 151. The van der Waals surface area contributed by atoms with Gasteiger partial charge in [0.1, 0.15) is 11.5 Å². The molecule has 0 fully saturated rings. The molecule has 0 unspecified atom stereocenters. The SMILES string of the molecule is O=C(NCC(F)(F)C(F)(F)F)NC(Cc1ccccc1)(c1cccc(OC(F)(F)F)c1)c1cccc(OC(F)(F)F)c1. The van der Waals surface area contributed by atoms with Crippen molar-refractivity contribution < 1.29 is 62.6 Å². The zero-order valence-electron chi connectivity index (χ0n) is 20.8.